The van der Waals surface area contributed by atoms with Crippen molar-refractivity contribution < 1.29 is 19.4 Å². The Labute approximate surface area is 127 Å². The van der Waals surface area contributed by atoms with Gasteiger partial charge in [0.2, 0.25) is 0 Å². The molecule has 0 fully saturated rings. The van der Waals surface area contributed by atoms with Gasteiger partial charge >= 0.3 is 12.0 Å². The number of urea groups is 1. The summed E-state index contributed by atoms with van der Waals surface area (Å²) in [6, 6.07) is 13.0. The zero-order valence-corrected chi connectivity index (χ0v) is 12.0. The predicted molar refractivity (Wildman–Crippen MR) is 82.3 cm³/mol. The summed E-state index contributed by atoms with van der Waals surface area (Å²) < 4.78 is 5.11. The van der Waals surface area contributed by atoms with E-state index in [4.69, 9.17) is 9.84 Å². The number of rotatable bonds is 5. The molecule has 0 atom stereocenters. The van der Waals surface area contributed by atoms with E-state index in [1.165, 1.54) is 12.1 Å². The van der Waals surface area contributed by atoms with E-state index in [0.29, 0.717) is 18.0 Å². The Bertz CT molecular complexity index is 685. The van der Waals surface area contributed by atoms with Crippen LogP contribution >= 0.6 is 0 Å². The van der Waals surface area contributed by atoms with Crippen LogP contribution in [0.3, 0.4) is 0 Å². The summed E-state index contributed by atoms with van der Waals surface area (Å²) in [5.74, 6) is -0.325. The number of carboxylic acids is 1. The van der Waals surface area contributed by atoms with Crippen molar-refractivity contribution in [2.24, 2.45) is 0 Å². The number of carboxylic acid groups (broad SMARTS) is 1. The van der Waals surface area contributed by atoms with Crippen molar-refractivity contribution in [1.82, 2.24) is 5.32 Å². The SMILES string of the molecule is COc1cccc(CNC(=O)Nc2cccc(C(=O)O)c2)c1. The van der Waals surface area contributed by atoms with Gasteiger partial charge in [0.1, 0.15) is 5.75 Å². The van der Waals surface area contributed by atoms with Crippen LogP contribution < -0.4 is 15.4 Å². The third-order valence-electron chi connectivity index (χ3n) is 2.95. The van der Waals surface area contributed by atoms with E-state index in [-0.39, 0.29) is 5.56 Å². The maximum absolute atomic E-state index is 11.8. The van der Waals surface area contributed by atoms with Gasteiger partial charge in [0.15, 0.2) is 0 Å². The third-order valence-corrected chi connectivity index (χ3v) is 2.95. The average molecular weight is 300 g/mol. The normalized spacial score (nSPS) is 9.86. The van der Waals surface area contributed by atoms with Crippen molar-refractivity contribution >= 4 is 17.7 Å². The molecular weight excluding hydrogens is 284 g/mol. The molecule has 3 N–H and O–H groups in total. The number of benzene rings is 2. The molecule has 0 unspecified atom stereocenters. The van der Waals surface area contributed by atoms with E-state index in [9.17, 15) is 9.59 Å². The first kappa shape index (κ1) is 15.4. The van der Waals surface area contributed by atoms with Gasteiger partial charge in [-0.25, -0.2) is 9.59 Å². The monoisotopic (exact) mass is 300 g/mol. The Morgan fingerprint density at radius 1 is 1.14 bits per heavy atom. The molecule has 0 spiro atoms. The number of ether oxygens (including phenoxy) is 1. The molecule has 6 nitrogen and oxygen atoms in total. The van der Waals surface area contributed by atoms with Crippen LogP contribution in [0.1, 0.15) is 15.9 Å². The second-order valence-corrected chi connectivity index (χ2v) is 4.55. The van der Waals surface area contributed by atoms with Crippen molar-refractivity contribution in [2.45, 2.75) is 6.54 Å². The number of carbonyl (C=O) groups is 2. The summed E-state index contributed by atoms with van der Waals surface area (Å²) in [6.07, 6.45) is 0. The highest BCUT2D eigenvalue weighted by atomic mass is 16.5. The quantitative estimate of drug-likeness (QED) is 0.792. The van der Waals surface area contributed by atoms with Crippen molar-refractivity contribution in [3.63, 3.8) is 0 Å². The van der Waals surface area contributed by atoms with Crippen LogP contribution in [0.2, 0.25) is 0 Å². The number of nitrogens with one attached hydrogen (secondary N) is 2. The maximum atomic E-state index is 11.8. The standard InChI is InChI=1S/C16H16N2O4/c1-22-14-7-2-4-11(8-14)10-17-16(21)18-13-6-3-5-12(9-13)15(19)20/h2-9H,10H2,1H3,(H,19,20)(H2,17,18,21). The minimum Gasteiger partial charge on any atom is -0.497 e. The smallest absolute Gasteiger partial charge is 0.335 e. The molecule has 0 aliphatic rings. The lowest BCUT2D eigenvalue weighted by molar-refractivity contribution is 0.0697. The fourth-order valence-electron chi connectivity index (χ4n) is 1.87. The lowest BCUT2D eigenvalue weighted by Crippen LogP contribution is -2.28. The fraction of sp³-hybridized carbons (Fsp3) is 0.125. The molecule has 114 valence electrons. The highest BCUT2D eigenvalue weighted by Crippen LogP contribution is 2.13. The van der Waals surface area contributed by atoms with Gasteiger partial charge in [-0.1, -0.05) is 18.2 Å². The second-order valence-electron chi connectivity index (χ2n) is 4.55. The van der Waals surface area contributed by atoms with Crippen LogP contribution in [0.25, 0.3) is 0 Å². The van der Waals surface area contributed by atoms with Gasteiger partial charge in [-0.2, -0.15) is 0 Å². The van der Waals surface area contributed by atoms with Gasteiger partial charge in [-0.3, -0.25) is 0 Å². The van der Waals surface area contributed by atoms with Crippen LogP contribution in [-0.2, 0) is 6.54 Å². The van der Waals surface area contributed by atoms with Gasteiger partial charge in [-0.15, -0.1) is 0 Å². The molecule has 0 aliphatic carbocycles. The molecular formula is C16H16N2O4. The molecule has 2 rings (SSSR count). The van der Waals surface area contributed by atoms with Crippen LogP contribution in [0.4, 0.5) is 10.5 Å². The number of hydrogen-bond acceptors (Lipinski definition) is 3. The number of aromatic carboxylic acids is 1. The maximum Gasteiger partial charge on any atom is 0.335 e. The molecule has 2 amide bonds. The number of hydrogen-bond donors (Lipinski definition) is 3. The number of carbonyl (C=O) groups excluding carboxylic acids is 1. The Balaban J connectivity index is 1.92. The van der Waals surface area contributed by atoms with Crippen molar-refractivity contribution in [3.8, 4) is 5.75 Å². The van der Waals surface area contributed by atoms with Crippen molar-refractivity contribution in [2.75, 3.05) is 12.4 Å². The lowest BCUT2D eigenvalue weighted by Gasteiger charge is -2.09. The molecule has 22 heavy (non-hydrogen) atoms. The summed E-state index contributed by atoms with van der Waals surface area (Å²) in [4.78, 5) is 22.7. The molecule has 6 heteroatoms. The predicted octanol–water partition coefficient (Wildman–Crippen LogP) is 2.72. The van der Waals surface area contributed by atoms with Crippen LogP contribution in [-0.4, -0.2) is 24.2 Å². The van der Waals surface area contributed by atoms with Crippen LogP contribution in [0.5, 0.6) is 5.75 Å². The van der Waals surface area contributed by atoms with Gasteiger partial charge in [0.25, 0.3) is 0 Å². The minimum absolute atomic E-state index is 0.116. The molecule has 0 heterocycles. The van der Waals surface area contributed by atoms with E-state index in [2.05, 4.69) is 10.6 Å². The Morgan fingerprint density at radius 3 is 2.64 bits per heavy atom. The third kappa shape index (κ3) is 4.24. The van der Waals surface area contributed by atoms with E-state index < -0.39 is 12.0 Å². The Hall–Kier alpha value is -3.02. The topological polar surface area (TPSA) is 87.7 Å². The van der Waals surface area contributed by atoms with Crippen LogP contribution in [0.15, 0.2) is 48.5 Å². The van der Waals surface area contributed by atoms with Crippen molar-refractivity contribution in [1.29, 1.82) is 0 Å². The zero-order valence-electron chi connectivity index (χ0n) is 12.0. The number of anilines is 1. The summed E-state index contributed by atoms with van der Waals surface area (Å²) in [6.45, 7) is 0.335. The Kier molecular flexibility index (Phi) is 4.98. The van der Waals surface area contributed by atoms with Crippen molar-refractivity contribution in [3.05, 3.63) is 59.7 Å². The van der Waals surface area contributed by atoms with Gasteiger partial charge in [-0.05, 0) is 35.9 Å². The average Bonchev–Trinajstić information content (AvgIpc) is 2.53. The van der Waals surface area contributed by atoms with E-state index >= 15 is 0 Å². The first-order valence-corrected chi connectivity index (χ1v) is 6.59. The molecule has 2 aromatic carbocycles. The highest BCUT2D eigenvalue weighted by Gasteiger charge is 2.06. The minimum atomic E-state index is -1.04. The summed E-state index contributed by atoms with van der Waals surface area (Å²) >= 11 is 0. The lowest BCUT2D eigenvalue weighted by atomic mass is 10.2. The second kappa shape index (κ2) is 7.12. The van der Waals surface area contributed by atoms with Gasteiger partial charge in [0, 0.05) is 12.2 Å². The zero-order chi connectivity index (χ0) is 15.9. The number of methoxy groups -OCH3 is 1. The summed E-state index contributed by atoms with van der Waals surface area (Å²) in [5, 5.41) is 14.2. The number of amides is 2. The van der Waals surface area contributed by atoms with E-state index in [0.717, 1.165) is 5.56 Å². The Morgan fingerprint density at radius 2 is 1.91 bits per heavy atom. The molecule has 2 aromatic rings. The van der Waals surface area contributed by atoms with Gasteiger partial charge < -0.3 is 20.5 Å². The molecule has 0 aromatic heterocycles. The van der Waals surface area contributed by atoms with Crippen LogP contribution in [0, 0.1) is 0 Å². The largest absolute Gasteiger partial charge is 0.497 e. The summed E-state index contributed by atoms with van der Waals surface area (Å²) in [7, 11) is 1.58. The molecule has 0 saturated heterocycles. The highest BCUT2D eigenvalue weighted by molar-refractivity contribution is 5.93. The molecule has 0 aliphatic heterocycles. The molecule has 0 saturated carbocycles. The van der Waals surface area contributed by atoms with E-state index in [1.54, 1.807) is 19.2 Å². The molecule has 0 radical (unpaired) electrons. The molecule has 0 bridgehead atoms. The first-order valence-electron chi connectivity index (χ1n) is 6.59. The van der Waals surface area contributed by atoms with E-state index in [1.807, 2.05) is 24.3 Å². The van der Waals surface area contributed by atoms with Gasteiger partial charge in [0.05, 0.1) is 12.7 Å². The summed E-state index contributed by atoms with van der Waals surface area (Å²) in [5.41, 5.74) is 1.43. The fourth-order valence-corrected chi connectivity index (χ4v) is 1.87. The first-order chi connectivity index (χ1) is 10.6.